The van der Waals surface area contributed by atoms with Crippen LogP contribution >= 0.6 is 0 Å². The fourth-order valence-corrected chi connectivity index (χ4v) is 3.80. The Labute approximate surface area is 218 Å². The van der Waals surface area contributed by atoms with Crippen molar-refractivity contribution in [2.75, 3.05) is 24.2 Å². The normalized spacial score (nSPS) is 13.6. The molecule has 0 spiro atoms. The van der Waals surface area contributed by atoms with Gasteiger partial charge in [-0.05, 0) is 36.6 Å². The molecule has 0 bridgehead atoms. The molecule has 2 aromatic rings. The Hall–Kier alpha value is -2.89. The molecule has 2 unspecified atom stereocenters. The summed E-state index contributed by atoms with van der Waals surface area (Å²) in [6.07, 6.45) is 3.17. The molecular weight excluding hydrogens is 501 g/mol. The average Bonchev–Trinajstić information content (AvgIpc) is 2.81. The minimum Gasteiger partial charge on any atom is -0.466 e. The van der Waals surface area contributed by atoms with Crippen LogP contribution in [0.2, 0.25) is 0 Å². The Balaban J connectivity index is 2.40. The van der Waals surface area contributed by atoms with Crippen LogP contribution in [0.25, 0.3) is 17.3 Å². The van der Waals surface area contributed by atoms with Gasteiger partial charge in [0.15, 0.2) is 0 Å². The average molecular weight is 538 g/mol. The van der Waals surface area contributed by atoms with Crippen LogP contribution in [-0.4, -0.2) is 66.7 Å². The van der Waals surface area contributed by atoms with Gasteiger partial charge in [0, 0.05) is 24.6 Å². The monoisotopic (exact) mass is 537 g/mol. The van der Waals surface area contributed by atoms with Gasteiger partial charge in [-0.3, -0.25) is 4.79 Å². The van der Waals surface area contributed by atoms with E-state index < -0.39 is 34.0 Å². The van der Waals surface area contributed by atoms with Crippen LogP contribution in [0.1, 0.15) is 63.6 Å². The van der Waals surface area contributed by atoms with Crippen molar-refractivity contribution < 1.29 is 32.6 Å². The summed E-state index contributed by atoms with van der Waals surface area (Å²) in [5.41, 5.74) is 1.91. The maximum atomic E-state index is 13.6. The fourth-order valence-electron chi connectivity index (χ4n) is 3.43. The van der Waals surface area contributed by atoms with E-state index >= 15 is 0 Å². The molecule has 0 aliphatic rings. The van der Waals surface area contributed by atoms with Gasteiger partial charge in [-0.25, -0.2) is 27.1 Å². The van der Waals surface area contributed by atoms with Crippen molar-refractivity contribution in [3.63, 3.8) is 0 Å². The lowest BCUT2D eigenvalue weighted by Crippen LogP contribution is -2.27. The highest BCUT2D eigenvalue weighted by atomic mass is 32.2. The number of anilines is 1. The number of hydrogen-bond acceptors (Lipinski definition) is 8. The number of carbonyl (C=O) groups excluding carboxylic acids is 1. The molecule has 2 rings (SSSR count). The molecule has 1 aromatic carbocycles. The fraction of sp³-hybridized carbons (Fsp3) is 0.500. The molecule has 1 aromatic heterocycles. The standard InChI is InChI=1S/C26H36FN3O6S/c1-6-7-14-36-23(33)16-21(32)15-20(31)12-13-22-24(17(2)3)28-26(30(4)37(5,34)35)29-25(22)18-8-10-19(27)11-9-18/h8-13,17,20-21,31-32H,6-7,14-16H2,1-5H3/b13-12+. The molecule has 204 valence electrons. The van der Waals surface area contributed by atoms with Crippen molar-refractivity contribution in [3.05, 3.63) is 47.4 Å². The summed E-state index contributed by atoms with van der Waals surface area (Å²) in [7, 11) is -2.30. The molecule has 2 N–H and O–H groups in total. The molecule has 0 radical (unpaired) electrons. The van der Waals surface area contributed by atoms with E-state index in [4.69, 9.17) is 4.74 Å². The highest BCUT2D eigenvalue weighted by molar-refractivity contribution is 7.92. The van der Waals surface area contributed by atoms with E-state index in [1.54, 1.807) is 6.08 Å². The van der Waals surface area contributed by atoms with E-state index in [2.05, 4.69) is 9.97 Å². The van der Waals surface area contributed by atoms with Gasteiger partial charge in [-0.2, -0.15) is 0 Å². The second-order valence-corrected chi connectivity index (χ2v) is 11.2. The predicted octanol–water partition coefficient (Wildman–Crippen LogP) is 3.66. The Morgan fingerprint density at radius 3 is 2.41 bits per heavy atom. The molecule has 0 fully saturated rings. The van der Waals surface area contributed by atoms with Gasteiger partial charge in [0.2, 0.25) is 16.0 Å². The first kappa shape index (κ1) is 30.3. The summed E-state index contributed by atoms with van der Waals surface area (Å²) < 4.78 is 43.9. The molecule has 0 aliphatic heterocycles. The third kappa shape index (κ3) is 9.17. The van der Waals surface area contributed by atoms with E-state index in [0.717, 1.165) is 23.4 Å². The molecular formula is C26H36FN3O6S. The van der Waals surface area contributed by atoms with Gasteiger partial charge in [0.1, 0.15) is 5.82 Å². The molecule has 0 saturated heterocycles. The summed E-state index contributed by atoms with van der Waals surface area (Å²) >= 11 is 0. The molecule has 0 amide bonds. The number of aliphatic hydroxyl groups is 2. The minimum absolute atomic E-state index is 0.0415. The van der Waals surface area contributed by atoms with E-state index in [1.807, 2.05) is 20.8 Å². The summed E-state index contributed by atoms with van der Waals surface area (Å²) in [6, 6.07) is 5.58. The van der Waals surface area contributed by atoms with Crippen LogP contribution in [0.4, 0.5) is 10.3 Å². The van der Waals surface area contributed by atoms with E-state index in [1.165, 1.54) is 37.4 Å². The second-order valence-electron chi connectivity index (χ2n) is 9.16. The van der Waals surface area contributed by atoms with Crippen molar-refractivity contribution in [1.82, 2.24) is 9.97 Å². The maximum Gasteiger partial charge on any atom is 0.308 e. The topological polar surface area (TPSA) is 130 Å². The molecule has 0 saturated carbocycles. The smallest absolute Gasteiger partial charge is 0.308 e. The maximum absolute atomic E-state index is 13.6. The van der Waals surface area contributed by atoms with Gasteiger partial charge >= 0.3 is 5.97 Å². The lowest BCUT2D eigenvalue weighted by Gasteiger charge is -2.20. The number of sulfonamides is 1. The zero-order valence-electron chi connectivity index (χ0n) is 21.9. The number of aromatic nitrogens is 2. The highest BCUT2D eigenvalue weighted by Gasteiger charge is 2.22. The first-order valence-electron chi connectivity index (χ1n) is 12.1. The molecule has 1 heterocycles. The van der Waals surface area contributed by atoms with Crippen molar-refractivity contribution >= 4 is 28.0 Å². The van der Waals surface area contributed by atoms with Crippen LogP contribution in [0, 0.1) is 5.82 Å². The van der Waals surface area contributed by atoms with Crippen LogP contribution in [0.3, 0.4) is 0 Å². The number of halogens is 1. The second kappa shape index (κ2) is 13.6. The summed E-state index contributed by atoms with van der Waals surface area (Å²) in [4.78, 5) is 20.8. The SMILES string of the molecule is CCCCOC(=O)CC(O)CC(O)/C=C/c1c(-c2ccc(F)cc2)nc(N(C)S(C)(=O)=O)nc1C(C)C. The van der Waals surface area contributed by atoms with E-state index in [9.17, 15) is 27.8 Å². The molecule has 11 heteroatoms. The van der Waals surface area contributed by atoms with Gasteiger partial charge < -0.3 is 14.9 Å². The van der Waals surface area contributed by atoms with Gasteiger partial charge in [0.25, 0.3) is 0 Å². The quantitative estimate of drug-likeness (QED) is 0.293. The number of aliphatic hydroxyl groups excluding tert-OH is 2. The van der Waals surface area contributed by atoms with Gasteiger partial charge in [-0.15, -0.1) is 0 Å². The van der Waals surface area contributed by atoms with E-state index in [0.29, 0.717) is 29.1 Å². The van der Waals surface area contributed by atoms with E-state index in [-0.39, 0.29) is 24.7 Å². The van der Waals surface area contributed by atoms with Gasteiger partial charge in [0.05, 0.1) is 42.9 Å². The first-order chi connectivity index (χ1) is 17.3. The molecule has 9 nitrogen and oxygen atoms in total. The van der Waals surface area contributed by atoms with Crippen LogP contribution in [0.5, 0.6) is 0 Å². The number of esters is 1. The highest BCUT2D eigenvalue weighted by Crippen LogP contribution is 2.31. The number of rotatable bonds is 13. The Kier molecular flexibility index (Phi) is 11.1. The third-order valence-corrected chi connectivity index (χ3v) is 6.73. The summed E-state index contributed by atoms with van der Waals surface area (Å²) in [5.74, 6) is -1.17. The molecule has 0 aliphatic carbocycles. The number of hydrogen-bond donors (Lipinski definition) is 2. The molecule has 37 heavy (non-hydrogen) atoms. The van der Waals surface area contributed by atoms with Crippen LogP contribution < -0.4 is 4.31 Å². The Morgan fingerprint density at radius 1 is 1.19 bits per heavy atom. The van der Waals surface area contributed by atoms with Crippen molar-refractivity contribution in [2.45, 2.75) is 64.6 Å². The van der Waals surface area contributed by atoms with Crippen LogP contribution in [-0.2, 0) is 19.6 Å². The zero-order chi connectivity index (χ0) is 27.8. The third-order valence-electron chi connectivity index (χ3n) is 5.57. The summed E-state index contributed by atoms with van der Waals surface area (Å²) in [6.45, 7) is 6.02. The number of nitrogens with zero attached hydrogens (tertiary/aromatic N) is 3. The van der Waals surface area contributed by atoms with Crippen LogP contribution in [0.15, 0.2) is 30.3 Å². The zero-order valence-corrected chi connectivity index (χ0v) is 22.7. The van der Waals surface area contributed by atoms with Crippen molar-refractivity contribution in [2.24, 2.45) is 0 Å². The predicted molar refractivity (Wildman–Crippen MR) is 141 cm³/mol. The molecule has 2 atom stereocenters. The minimum atomic E-state index is -3.65. The lowest BCUT2D eigenvalue weighted by atomic mass is 9.97. The Bertz CT molecular complexity index is 1190. The lowest BCUT2D eigenvalue weighted by molar-refractivity contribution is -0.146. The van der Waals surface area contributed by atoms with Gasteiger partial charge in [-0.1, -0.05) is 39.3 Å². The largest absolute Gasteiger partial charge is 0.466 e. The number of carbonyl (C=O) groups is 1. The summed E-state index contributed by atoms with van der Waals surface area (Å²) in [5, 5.41) is 20.7. The van der Waals surface area contributed by atoms with Crippen molar-refractivity contribution in [3.8, 4) is 11.3 Å². The first-order valence-corrected chi connectivity index (χ1v) is 14.0. The number of benzene rings is 1. The number of ether oxygens (including phenoxy) is 1. The Morgan fingerprint density at radius 2 is 1.84 bits per heavy atom. The van der Waals surface area contributed by atoms with Crippen molar-refractivity contribution in [1.29, 1.82) is 0 Å². The number of unbranched alkanes of at least 4 members (excludes halogenated alkanes) is 1.